The number of aliphatic hydroxyl groups excluding tert-OH is 12. The van der Waals surface area contributed by atoms with Crippen molar-refractivity contribution in [2.45, 2.75) is 220 Å². The van der Waals surface area contributed by atoms with Crippen LogP contribution in [-0.4, -0.2) is 191 Å². The molecule has 3 fully saturated rings. The third-order valence-electron chi connectivity index (χ3n) is 20.9. The van der Waals surface area contributed by atoms with Gasteiger partial charge in [0, 0.05) is 62.9 Å². The van der Waals surface area contributed by atoms with Gasteiger partial charge in [0.2, 0.25) is 0 Å². The number of aromatic nitrogens is 5. The average Bonchev–Trinajstić information content (AvgIpc) is 1.51. The van der Waals surface area contributed by atoms with E-state index in [1.165, 1.54) is 76.4 Å². The first-order valence-corrected chi connectivity index (χ1v) is 40.0. The van der Waals surface area contributed by atoms with Gasteiger partial charge >= 0.3 is 0 Å². The Balaban J connectivity index is 1.04. The Bertz CT molecular complexity index is 4700. The maximum Gasteiger partial charge on any atom is 0.176 e. The number of hydrogen-bond donors (Lipinski definition) is 14. The molecule has 0 aliphatic carbocycles. The molecule has 0 unspecified atom stereocenters. The van der Waals surface area contributed by atoms with Crippen LogP contribution in [0.25, 0.3) is 90.9 Å². The van der Waals surface area contributed by atoms with Crippen molar-refractivity contribution in [1.29, 1.82) is 0 Å². The van der Waals surface area contributed by atoms with Gasteiger partial charge in [0.05, 0.1) is 74.0 Å². The number of hydrogen-bond acceptors (Lipinski definition) is 20. The lowest BCUT2D eigenvalue weighted by molar-refractivity contribution is -0.697. The van der Waals surface area contributed by atoms with E-state index in [2.05, 4.69) is 21.9 Å². The molecule has 114 heavy (non-hydrogen) atoms. The van der Waals surface area contributed by atoms with Crippen LogP contribution in [0.1, 0.15) is 132 Å². The van der Waals surface area contributed by atoms with E-state index in [1.54, 1.807) is 24.5 Å². The second kappa shape index (κ2) is 37.7. The Labute approximate surface area is 657 Å². The zero-order valence-corrected chi connectivity index (χ0v) is 63.4. The number of benzene rings is 3. The summed E-state index contributed by atoms with van der Waals surface area (Å²) in [6, 6.07) is 7.40. The van der Waals surface area contributed by atoms with E-state index in [4.69, 9.17) is 19.2 Å². The molecule has 0 radical (unpaired) electrons. The topological polar surface area (TPSA) is 332 Å². The number of fused-ring (bicyclic) bond motifs is 8. The second-order valence-electron chi connectivity index (χ2n) is 28.5. The standard InChI is InChI=1S/C79H83F12N5O15S3/c1-2-3-4-5-6-7-8-9-10-11-12-13-14-15-16-17-28-96-29-26-34(27-30-96)46-35-18-20-37(92-35)47(50-53(80)59(86)74(60(87)54(50)81)112-77-71(106)68(103)65(100)43(31-97)109-77)39-22-24-41(94-39)49(52-57(84)63(90)76(64(91)58(52)85)114-79-73(108)70(105)67(102)45(33-99)111-79)42-25-23-40(95-42)48(38-21-19-36(46)93-38)51-55(82)61(88)75(62(89)56(51)83)113-78-72(107)69(104)66(101)44(32-98)110-78/h18-27,29-30,43-45,65-73,77-79,97-108H,2-17,28,31-33H2,1H3,(H,92,93,94,95)/p+1/t43-,44-,45-,65-,66-,67-,68+,69+,70+,71-,72-,73-,77+,78+,79+/m1/s1. The zero-order chi connectivity index (χ0) is 81.8. The lowest BCUT2D eigenvalue weighted by atomic mass is 10.0. The number of thioether (sulfide) groups is 3. The van der Waals surface area contributed by atoms with Gasteiger partial charge in [0.25, 0.3) is 0 Å². The molecule has 9 heterocycles. The lowest BCUT2D eigenvalue weighted by Gasteiger charge is -2.39. The minimum absolute atomic E-state index is 0.0316. The molecule has 0 spiro atoms. The van der Waals surface area contributed by atoms with Gasteiger partial charge in [0.1, 0.15) is 96.1 Å². The highest BCUT2D eigenvalue weighted by Crippen LogP contribution is 2.49. The normalized spacial score (nSPS) is 24.4. The number of H-pyrrole nitrogens is 2. The van der Waals surface area contributed by atoms with Crippen LogP contribution in [0.2, 0.25) is 0 Å². The van der Waals surface area contributed by atoms with Crippen molar-refractivity contribution in [2.75, 3.05) is 19.8 Å². The fourth-order valence-corrected chi connectivity index (χ4v) is 17.9. The summed E-state index contributed by atoms with van der Waals surface area (Å²) in [7, 11) is 0. The van der Waals surface area contributed by atoms with E-state index >= 15 is 52.7 Å². The molecule has 7 aromatic rings. The highest BCUT2D eigenvalue weighted by molar-refractivity contribution is 8.00. The number of aliphatic hydroxyl groups is 12. The molecule has 0 amide bonds. The number of halogens is 12. The monoisotopic (exact) mass is 1670 g/mol. The summed E-state index contributed by atoms with van der Waals surface area (Å²) in [5.74, 6) is -26.7. The predicted molar refractivity (Wildman–Crippen MR) is 399 cm³/mol. The number of rotatable bonds is 30. The maximum absolute atomic E-state index is 17.6. The van der Waals surface area contributed by atoms with E-state index in [-0.39, 0.29) is 57.6 Å². The van der Waals surface area contributed by atoms with Crippen LogP contribution in [0.15, 0.2) is 63.5 Å². The molecule has 20 nitrogen and oxygen atoms in total. The number of aromatic amines is 2. The second-order valence-corrected chi connectivity index (χ2v) is 31.8. The first-order chi connectivity index (χ1) is 54.6. The van der Waals surface area contributed by atoms with Gasteiger partial charge in [-0.05, 0) is 60.6 Å². The van der Waals surface area contributed by atoms with Crippen LogP contribution in [0.5, 0.6) is 0 Å². The number of ether oxygens (including phenoxy) is 3. The molecule has 0 saturated carbocycles. The number of aryl methyl sites for hydroxylation is 1. The molecule has 12 rings (SSSR count). The van der Waals surface area contributed by atoms with E-state index in [1.807, 2.05) is 4.57 Å². The van der Waals surface area contributed by atoms with E-state index in [9.17, 15) is 61.3 Å². The molecule has 3 saturated heterocycles. The van der Waals surface area contributed by atoms with Crippen LogP contribution in [0.4, 0.5) is 52.7 Å². The van der Waals surface area contributed by atoms with E-state index < -0.39 is 261 Å². The highest BCUT2D eigenvalue weighted by Gasteiger charge is 2.49. The van der Waals surface area contributed by atoms with Crippen molar-refractivity contribution in [1.82, 2.24) is 19.9 Å². The largest absolute Gasteiger partial charge is 0.394 e. The molecule has 14 N–H and O–H groups in total. The number of nitrogens with one attached hydrogen (secondary N) is 2. The van der Waals surface area contributed by atoms with Crippen LogP contribution in [0.3, 0.4) is 0 Å². The highest BCUT2D eigenvalue weighted by atomic mass is 32.2. The van der Waals surface area contributed by atoms with Gasteiger partial charge < -0.3 is 85.5 Å². The van der Waals surface area contributed by atoms with Crippen LogP contribution >= 0.6 is 35.3 Å². The Hall–Kier alpha value is -6.98. The minimum atomic E-state index is -2.33. The molecule has 616 valence electrons. The molecule has 8 bridgehead atoms. The van der Waals surface area contributed by atoms with Gasteiger partial charge in [-0.2, -0.15) is 0 Å². The fraction of sp³-hybridized carbons (Fsp3) is 0.456. The van der Waals surface area contributed by atoms with Gasteiger partial charge in [0.15, 0.2) is 82.2 Å². The van der Waals surface area contributed by atoms with Crippen molar-refractivity contribution in [3.8, 4) is 44.5 Å². The van der Waals surface area contributed by atoms with Crippen molar-refractivity contribution >= 4 is 81.7 Å². The summed E-state index contributed by atoms with van der Waals surface area (Å²) in [6.07, 6.45) is 1.74. The Morgan fingerprint density at radius 1 is 0.325 bits per heavy atom. The summed E-state index contributed by atoms with van der Waals surface area (Å²) < 4.78 is 226. The van der Waals surface area contributed by atoms with Gasteiger partial charge in [-0.3, -0.25) is 0 Å². The number of nitrogens with zero attached hydrogens (tertiary/aromatic N) is 3. The third-order valence-corrected chi connectivity index (χ3v) is 24.5. The smallest absolute Gasteiger partial charge is 0.176 e. The molecular weight excluding hydrogens is 1580 g/mol. The fourth-order valence-electron chi connectivity index (χ4n) is 14.6. The van der Waals surface area contributed by atoms with Crippen molar-refractivity contribution in [2.24, 2.45) is 0 Å². The molecular formula is C79H84F12N5O15S3+. The van der Waals surface area contributed by atoms with Gasteiger partial charge in [-0.15, -0.1) is 0 Å². The van der Waals surface area contributed by atoms with Crippen molar-refractivity contribution in [3.05, 3.63) is 141 Å². The predicted octanol–water partition coefficient (Wildman–Crippen LogP) is 12.2. The van der Waals surface area contributed by atoms with Crippen molar-refractivity contribution < 1.29 is 133 Å². The summed E-state index contributed by atoms with van der Waals surface area (Å²) in [5, 5.41) is 125. The maximum atomic E-state index is 17.6. The Kier molecular flexibility index (Phi) is 28.6. The summed E-state index contributed by atoms with van der Waals surface area (Å²) in [4.78, 5) is 10.2. The first kappa shape index (κ1) is 86.4. The summed E-state index contributed by atoms with van der Waals surface area (Å²) in [5.41, 5.74) is -18.1. The van der Waals surface area contributed by atoms with Crippen LogP contribution < -0.4 is 4.57 Å². The van der Waals surface area contributed by atoms with Gasteiger partial charge in [-0.25, -0.2) is 67.2 Å². The van der Waals surface area contributed by atoms with E-state index in [0.29, 0.717) is 6.54 Å². The van der Waals surface area contributed by atoms with Crippen LogP contribution in [0, 0.1) is 69.8 Å². The minimum Gasteiger partial charge on any atom is -0.394 e. The first-order valence-electron chi connectivity index (χ1n) is 37.3. The Morgan fingerprint density at radius 3 is 0.851 bits per heavy atom. The van der Waals surface area contributed by atoms with E-state index in [0.717, 1.165) is 75.0 Å². The SMILES string of the molecule is CCCCCCCCCCCCCCCCCC[n+]1ccc(-c2c3nc(c(-c4c(F)c(F)c(S[C@@H]5O[C@H](CO)[C@@H](O)[C@H](O)[C@H]5O)c(F)c4F)c4ccc([nH]4)c(-c4c(F)c(F)c(S[C@@H]5O[C@H](CO)[C@@H](O)[C@H](O)[C@H]5O)c(F)c4F)c4nc(c(-c5c(F)c(F)c(S[C@@H]6O[C@H](CO)[C@@H](O)[C@H](O)[C@H]6O)c(F)c5F)c5ccc2[nH]5)C=C4)C=C3)cc1. The molecule has 5 aliphatic heterocycles. The lowest BCUT2D eigenvalue weighted by Crippen LogP contribution is -2.57. The molecule has 15 atom stereocenters. The molecule has 3 aromatic carbocycles. The van der Waals surface area contributed by atoms with Crippen molar-refractivity contribution in [3.63, 3.8) is 0 Å². The quantitative estimate of drug-likeness (QED) is 0.00861. The summed E-state index contributed by atoms with van der Waals surface area (Å²) in [6.45, 7) is -0.361. The Morgan fingerprint density at radius 2 is 0.579 bits per heavy atom. The zero-order valence-electron chi connectivity index (χ0n) is 60.9. The molecule has 5 aliphatic rings. The average molecular weight is 1670 g/mol. The van der Waals surface area contributed by atoms with Gasteiger partial charge in [-0.1, -0.05) is 132 Å². The third kappa shape index (κ3) is 17.5. The number of unbranched alkanes of at least 4 members (excludes halogenated alkanes) is 15. The number of pyridine rings is 1. The summed E-state index contributed by atoms with van der Waals surface area (Å²) >= 11 is -0.641. The molecule has 4 aromatic heterocycles. The molecule has 35 heteroatoms. The van der Waals surface area contributed by atoms with Crippen LogP contribution in [-0.2, 0) is 20.8 Å².